The average molecular weight is 208 g/mol. The van der Waals surface area contributed by atoms with Gasteiger partial charge >= 0.3 is 0 Å². The molecule has 1 saturated carbocycles. The first-order valence-corrected chi connectivity index (χ1v) is 5.64. The molecule has 0 spiro atoms. The highest BCUT2D eigenvalue weighted by Crippen LogP contribution is 2.35. The Hall–Kier alpha value is -0.940. The van der Waals surface area contributed by atoms with Crippen molar-refractivity contribution in [1.29, 1.82) is 0 Å². The summed E-state index contributed by atoms with van der Waals surface area (Å²) in [7, 11) is 0. The lowest BCUT2D eigenvalue weighted by Crippen LogP contribution is -2.36. The van der Waals surface area contributed by atoms with E-state index in [1.165, 1.54) is 12.8 Å². The van der Waals surface area contributed by atoms with Crippen LogP contribution in [0.4, 0.5) is 0 Å². The normalized spacial score (nSPS) is 29.0. The van der Waals surface area contributed by atoms with Crippen molar-refractivity contribution in [2.24, 2.45) is 5.73 Å². The third-order valence-electron chi connectivity index (χ3n) is 3.50. The van der Waals surface area contributed by atoms with Crippen molar-refractivity contribution in [2.75, 3.05) is 6.54 Å². The summed E-state index contributed by atoms with van der Waals surface area (Å²) in [5, 5.41) is 7.26. The van der Waals surface area contributed by atoms with Crippen LogP contribution in [0.25, 0.3) is 0 Å². The first-order valence-electron chi connectivity index (χ1n) is 5.64. The third-order valence-corrected chi connectivity index (χ3v) is 3.50. The van der Waals surface area contributed by atoms with Crippen LogP contribution in [-0.2, 0) is 5.54 Å². The van der Waals surface area contributed by atoms with Gasteiger partial charge in [-0.15, -0.1) is 0 Å². The monoisotopic (exact) mass is 208 g/mol. The Bertz CT molecular complexity index is 352. The minimum Gasteiger partial charge on any atom is -0.338 e. The van der Waals surface area contributed by atoms with Crippen molar-refractivity contribution in [3.8, 4) is 0 Å². The fourth-order valence-corrected chi connectivity index (χ4v) is 2.31. The largest absolute Gasteiger partial charge is 0.338 e. The highest BCUT2D eigenvalue weighted by atomic mass is 16.5. The molecule has 1 aromatic heterocycles. The summed E-state index contributed by atoms with van der Waals surface area (Å²) >= 11 is 0. The summed E-state index contributed by atoms with van der Waals surface area (Å²) in [5.74, 6) is 1.40. The molecule has 0 bridgehead atoms. The SMILES string of the molecule is NC1(c2noc([C@H]3CCN3)n2)CCCC1. The molecule has 82 valence electrons. The van der Waals surface area contributed by atoms with Crippen LogP contribution >= 0.6 is 0 Å². The van der Waals surface area contributed by atoms with E-state index in [9.17, 15) is 0 Å². The molecule has 2 fully saturated rings. The van der Waals surface area contributed by atoms with E-state index in [4.69, 9.17) is 10.3 Å². The smallest absolute Gasteiger partial charge is 0.243 e. The van der Waals surface area contributed by atoms with Crippen LogP contribution in [0, 0.1) is 0 Å². The number of nitrogens with one attached hydrogen (secondary N) is 1. The topological polar surface area (TPSA) is 77.0 Å². The number of hydrogen-bond acceptors (Lipinski definition) is 5. The summed E-state index contributed by atoms with van der Waals surface area (Å²) in [6, 6.07) is 0.260. The van der Waals surface area contributed by atoms with E-state index in [1.54, 1.807) is 0 Å². The number of nitrogens with zero attached hydrogens (tertiary/aromatic N) is 2. The second-order valence-electron chi connectivity index (χ2n) is 4.61. The molecular formula is C10H16N4O. The maximum atomic E-state index is 6.25. The van der Waals surface area contributed by atoms with E-state index in [2.05, 4.69) is 15.5 Å². The summed E-state index contributed by atoms with van der Waals surface area (Å²) in [6.45, 7) is 1.04. The lowest BCUT2D eigenvalue weighted by Gasteiger charge is -2.23. The van der Waals surface area contributed by atoms with Gasteiger partial charge in [0.15, 0.2) is 5.82 Å². The molecule has 2 aliphatic rings. The van der Waals surface area contributed by atoms with Crippen molar-refractivity contribution in [3.63, 3.8) is 0 Å². The third kappa shape index (κ3) is 1.46. The summed E-state index contributed by atoms with van der Waals surface area (Å²) in [5.41, 5.74) is 5.92. The van der Waals surface area contributed by atoms with Crippen molar-refractivity contribution in [3.05, 3.63) is 11.7 Å². The quantitative estimate of drug-likeness (QED) is 0.752. The Kier molecular flexibility index (Phi) is 2.03. The molecule has 3 N–H and O–H groups in total. The number of rotatable bonds is 2. The maximum Gasteiger partial charge on any atom is 0.243 e. The molecule has 1 atom stereocenters. The van der Waals surface area contributed by atoms with Gasteiger partial charge in [0.1, 0.15) is 0 Å². The van der Waals surface area contributed by atoms with Gasteiger partial charge in [-0.05, 0) is 25.8 Å². The molecule has 5 heteroatoms. The zero-order chi connectivity index (χ0) is 10.3. The molecule has 0 radical (unpaired) electrons. The number of aromatic nitrogens is 2. The van der Waals surface area contributed by atoms with Crippen LogP contribution in [0.1, 0.15) is 49.9 Å². The van der Waals surface area contributed by atoms with Gasteiger partial charge in [-0.2, -0.15) is 4.98 Å². The highest BCUT2D eigenvalue weighted by molar-refractivity contribution is 5.08. The molecule has 1 aromatic rings. The molecule has 0 aromatic carbocycles. The van der Waals surface area contributed by atoms with Crippen molar-refractivity contribution >= 4 is 0 Å². The molecule has 2 heterocycles. The molecule has 3 rings (SSSR count). The molecular weight excluding hydrogens is 192 g/mol. The second-order valence-corrected chi connectivity index (χ2v) is 4.61. The molecule has 1 aliphatic heterocycles. The predicted octanol–water partition coefficient (Wildman–Crippen LogP) is 0.832. The van der Waals surface area contributed by atoms with Gasteiger partial charge in [-0.1, -0.05) is 18.0 Å². The summed E-state index contributed by atoms with van der Waals surface area (Å²) in [4.78, 5) is 4.42. The zero-order valence-electron chi connectivity index (χ0n) is 8.70. The molecule has 1 saturated heterocycles. The number of hydrogen-bond donors (Lipinski definition) is 2. The van der Waals surface area contributed by atoms with Gasteiger partial charge in [-0.25, -0.2) is 0 Å². The van der Waals surface area contributed by atoms with Crippen LogP contribution in [-0.4, -0.2) is 16.7 Å². The fourth-order valence-electron chi connectivity index (χ4n) is 2.31. The van der Waals surface area contributed by atoms with Crippen molar-refractivity contribution in [2.45, 2.75) is 43.7 Å². The van der Waals surface area contributed by atoms with Crippen molar-refractivity contribution < 1.29 is 4.52 Å². The fraction of sp³-hybridized carbons (Fsp3) is 0.800. The van der Waals surface area contributed by atoms with Gasteiger partial charge in [0.25, 0.3) is 0 Å². The van der Waals surface area contributed by atoms with Crippen LogP contribution in [0.2, 0.25) is 0 Å². The Morgan fingerprint density at radius 3 is 2.73 bits per heavy atom. The molecule has 0 unspecified atom stereocenters. The number of nitrogens with two attached hydrogens (primary N) is 1. The van der Waals surface area contributed by atoms with Gasteiger partial charge in [0.05, 0.1) is 11.6 Å². The van der Waals surface area contributed by atoms with Gasteiger partial charge < -0.3 is 15.6 Å². The van der Waals surface area contributed by atoms with Gasteiger partial charge in [0, 0.05) is 0 Å². The van der Waals surface area contributed by atoms with Crippen molar-refractivity contribution in [1.82, 2.24) is 15.5 Å². The van der Waals surface area contributed by atoms with Gasteiger partial charge in [-0.3, -0.25) is 0 Å². The Balaban J connectivity index is 1.82. The zero-order valence-corrected chi connectivity index (χ0v) is 8.70. The molecule has 0 amide bonds. The van der Waals surface area contributed by atoms with E-state index in [-0.39, 0.29) is 11.6 Å². The predicted molar refractivity (Wildman–Crippen MR) is 54.0 cm³/mol. The molecule has 15 heavy (non-hydrogen) atoms. The van der Waals surface area contributed by atoms with E-state index < -0.39 is 0 Å². The van der Waals surface area contributed by atoms with E-state index in [1.807, 2.05) is 0 Å². The highest BCUT2D eigenvalue weighted by Gasteiger charge is 2.37. The van der Waals surface area contributed by atoms with Gasteiger partial charge in [0.2, 0.25) is 5.89 Å². The van der Waals surface area contributed by atoms with Crippen LogP contribution in [0.15, 0.2) is 4.52 Å². The molecule has 1 aliphatic carbocycles. The standard InChI is InChI=1S/C10H16N4O/c11-10(4-1-2-5-10)9-13-8(15-14-9)7-3-6-12-7/h7,12H,1-6,11H2/t7-/m1/s1. The minimum atomic E-state index is -0.328. The first kappa shape index (κ1) is 9.30. The minimum absolute atomic E-state index is 0.260. The lowest BCUT2D eigenvalue weighted by molar-refractivity contribution is 0.270. The summed E-state index contributed by atoms with van der Waals surface area (Å²) in [6.07, 6.45) is 5.37. The van der Waals surface area contributed by atoms with E-state index in [0.29, 0.717) is 11.7 Å². The van der Waals surface area contributed by atoms with E-state index >= 15 is 0 Å². The van der Waals surface area contributed by atoms with E-state index in [0.717, 1.165) is 25.8 Å². The van der Waals surface area contributed by atoms with Crippen LogP contribution in [0.3, 0.4) is 0 Å². The first-order chi connectivity index (χ1) is 7.28. The second kappa shape index (κ2) is 3.28. The van der Waals surface area contributed by atoms with Crippen LogP contribution in [0.5, 0.6) is 0 Å². The lowest BCUT2D eigenvalue weighted by atomic mass is 9.98. The summed E-state index contributed by atoms with van der Waals surface area (Å²) < 4.78 is 5.24. The Morgan fingerprint density at radius 2 is 2.13 bits per heavy atom. The Morgan fingerprint density at radius 1 is 1.40 bits per heavy atom. The molecule has 5 nitrogen and oxygen atoms in total. The maximum absolute atomic E-state index is 6.25. The Labute approximate surface area is 88.4 Å². The van der Waals surface area contributed by atoms with Crippen LogP contribution < -0.4 is 11.1 Å². The average Bonchev–Trinajstić information content (AvgIpc) is 2.71.